The summed E-state index contributed by atoms with van der Waals surface area (Å²) in [5, 5.41) is 17.1. The minimum absolute atomic E-state index is 0.0666. The number of nitro groups is 1. The van der Waals surface area contributed by atoms with Crippen molar-refractivity contribution in [1.82, 2.24) is 10.6 Å². The fourth-order valence-corrected chi connectivity index (χ4v) is 2.32. The number of nitrogens with one attached hydrogen (secondary N) is 2. The number of nitrogens with zero attached hydrogens (tertiary/aromatic N) is 1. The van der Waals surface area contributed by atoms with E-state index in [4.69, 9.17) is 4.74 Å². The van der Waals surface area contributed by atoms with Gasteiger partial charge in [-0.2, -0.15) is 0 Å². The van der Waals surface area contributed by atoms with Crippen molar-refractivity contribution >= 4 is 11.6 Å². The van der Waals surface area contributed by atoms with E-state index in [0.717, 1.165) is 25.9 Å². The molecule has 0 aromatic heterocycles. The van der Waals surface area contributed by atoms with Crippen molar-refractivity contribution in [2.24, 2.45) is 0 Å². The summed E-state index contributed by atoms with van der Waals surface area (Å²) in [7, 11) is 0. The number of nitro benzene ring substituents is 1. The third kappa shape index (κ3) is 3.91. The highest BCUT2D eigenvalue weighted by Gasteiger charge is 2.21. The number of amides is 1. The normalized spacial score (nSPS) is 18.0. The van der Waals surface area contributed by atoms with Gasteiger partial charge in [-0.1, -0.05) is 0 Å². The first kappa shape index (κ1) is 15.2. The Hall–Kier alpha value is -2.15. The number of ether oxygens (including phenoxy) is 1. The quantitative estimate of drug-likeness (QED) is 0.633. The molecule has 0 unspecified atom stereocenters. The van der Waals surface area contributed by atoms with Crippen molar-refractivity contribution in [3.63, 3.8) is 0 Å². The second kappa shape index (κ2) is 7.03. The molecule has 2 rings (SSSR count). The lowest BCUT2D eigenvalue weighted by molar-refractivity contribution is -0.385. The predicted octanol–water partition coefficient (Wildman–Crippen LogP) is 1.48. The fraction of sp³-hybridized carbons (Fsp3) is 0.500. The molecule has 21 heavy (non-hydrogen) atoms. The Morgan fingerprint density at radius 2 is 2.38 bits per heavy atom. The number of benzene rings is 1. The molecular formula is C14H19N3O4. The molecule has 0 saturated carbocycles. The number of carbonyl (C=O) groups excluding carboxylic acids is 1. The number of carbonyl (C=O) groups is 1. The number of piperidine rings is 1. The summed E-state index contributed by atoms with van der Waals surface area (Å²) >= 11 is 0. The highest BCUT2D eigenvalue weighted by atomic mass is 16.6. The SMILES string of the molecule is CCOc1ccc(C(=O)N[C@H]2CCCNC2)cc1[N+](=O)[O-]. The van der Waals surface area contributed by atoms with Gasteiger partial charge >= 0.3 is 5.69 Å². The van der Waals surface area contributed by atoms with Gasteiger partial charge in [0, 0.05) is 24.2 Å². The second-order valence-electron chi connectivity index (χ2n) is 4.89. The van der Waals surface area contributed by atoms with E-state index in [0.29, 0.717) is 6.61 Å². The van der Waals surface area contributed by atoms with Crippen LogP contribution in [0, 0.1) is 10.1 Å². The molecule has 1 fully saturated rings. The molecule has 1 aliphatic rings. The zero-order valence-electron chi connectivity index (χ0n) is 11.9. The lowest BCUT2D eigenvalue weighted by Gasteiger charge is -2.23. The van der Waals surface area contributed by atoms with Crippen molar-refractivity contribution < 1.29 is 14.5 Å². The monoisotopic (exact) mass is 293 g/mol. The van der Waals surface area contributed by atoms with Crippen LogP contribution in [0.4, 0.5) is 5.69 Å². The summed E-state index contributed by atoms with van der Waals surface area (Å²) in [6.07, 6.45) is 1.92. The minimum Gasteiger partial charge on any atom is -0.487 e. The molecule has 7 nitrogen and oxygen atoms in total. The Bertz CT molecular complexity index is 527. The lowest BCUT2D eigenvalue weighted by Crippen LogP contribution is -2.45. The van der Waals surface area contributed by atoms with Crippen LogP contribution in [0.15, 0.2) is 18.2 Å². The first-order valence-electron chi connectivity index (χ1n) is 7.04. The van der Waals surface area contributed by atoms with E-state index in [1.807, 2.05) is 0 Å². The molecule has 114 valence electrons. The van der Waals surface area contributed by atoms with Crippen molar-refractivity contribution in [3.8, 4) is 5.75 Å². The lowest BCUT2D eigenvalue weighted by atomic mass is 10.1. The van der Waals surface area contributed by atoms with Gasteiger partial charge in [-0.15, -0.1) is 0 Å². The van der Waals surface area contributed by atoms with Gasteiger partial charge in [0.2, 0.25) is 0 Å². The third-order valence-electron chi connectivity index (χ3n) is 3.35. The zero-order chi connectivity index (χ0) is 15.2. The molecular weight excluding hydrogens is 274 g/mol. The standard InChI is InChI=1S/C14H19N3O4/c1-2-21-13-6-5-10(8-12(13)17(19)20)14(18)16-11-4-3-7-15-9-11/h5-6,8,11,15H,2-4,7,9H2,1H3,(H,16,18)/t11-/m0/s1. The molecule has 7 heteroatoms. The Labute approximate surface area is 122 Å². The van der Waals surface area contributed by atoms with Crippen molar-refractivity contribution in [1.29, 1.82) is 0 Å². The summed E-state index contributed by atoms with van der Waals surface area (Å²) in [5.41, 5.74) is 0.0852. The molecule has 1 aromatic carbocycles. The van der Waals surface area contributed by atoms with Gasteiger partial charge in [-0.25, -0.2) is 0 Å². The molecule has 1 atom stereocenters. The van der Waals surface area contributed by atoms with Crippen LogP contribution in [0.3, 0.4) is 0 Å². The van der Waals surface area contributed by atoms with Gasteiger partial charge in [0.15, 0.2) is 5.75 Å². The Morgan fingerprint density at radius 1 is 1.57 bits per heavy atom. The number of rotatable bonds is 5. The van der Waals surface area contributed by atoms with Gasteiger partial charge in [0.1, 0.15) is 0 Å². The number of hydrogen-bond donors (Lipinski definition) is 2. The molecule has 0 spiro atoms. The smallest absolute Gasteiger partial charge is 0.311 e. The van der Waals surface area contributed by atoms with Crippen molar-refractivity contribution in [2.45, 2.75) is 25.8 Å². The van der Waals surface area contributed by atoms with Crippen LogP contribution in [-0.4, -0.2) is 36.6 Å². The van der Waals surface area contributed by atoms with E-state index in [1.165, 1.54) is 12.1 Å². The van der Waals surface area contributed by atoms with Gasteiger partial charge in [-0.05, 0) is 38.4 Å². The van der Waals surface area contributed by atoms with E-state index in [1.54, 1.807) is 13.0 Å². The molecule has 1 amide bonds. The highest BCUT2D eigenvalue weighted by Crippen LogP contribution is 2.28. The third-order valence-corrected chi connectivity index (χ3v) is 3.35. The fourth-order valence-electron chi connectivity index (χ4n) is 2.32. The average Bonchev–Trinajstić information content (AvgIpc) is 2.48. The molecule has 0 aliphatic carbocycles. The van der Waals surface area contributed by atoms with Crippen LogP contribution >= 0.6 is 0 Å². The number of hydrogen-bond acceptors (Lipinski definition) is 5. The summed E-state index contributed by atoms with van der Waals surface area (Å²) < 4.78 is 5.20. The Balaban J connectivity index is 2.13. The van der Waals surface area contributed by atoms with Crippen LogP contribution in [-0.2, 0) is 0 Å². The molecule has 0 radical (unpaired) electrons. The van der Waals surface area contributed by atoms with Crippen LogP contribution in [0.25, 0.3) is 0 Å². The summed E-state index contributed by atoms with van der Waals surface area (Å²) in [5.74, 6) is -0.117. The van der Waals surface area contributed by atoms with Crippen LogP contribution < -0.4 is 15.4 Å². The summed E-state index contributed by atoms with van der Waals surface area (Å²) in [4.78, 5) is 22.7. The zero-order valence-corrected chi connectivity index (χ0v) is 11.9. The van der Waals surface area contributed by atoms with Gasteiger partial charge in [-0.3, -0.25) is 14.9 Å². The molecule has 1 heterocycles. The van der Waals surface area contributed by atoms with E-state index in [9.17, 15) is 14.9 Å². The molecule has 1 saturated heterocycles. The first-order chi connectivity index (χ1) is 10.1. The maximum absolute atomic E-state index is 12.2. The van der Waals surface area contributed by atoms with Gasteiger partial charge in [0.25, 0.3) is 5.91 Å². The van der Waals surface area contributed by atoms with Crippen LogP contribution in [0.2, 0.25) is 0 Å². The Morgan fingerprint density at radius 3 is 3.00 bits per heavy atom. The van der Waals surface area contributed by atoms with E-state index < -0.39 is 4.92 Å². The van der Waals surface area contributed by atoms with E-state index in [2.05, 4.69) is 10.6 Å². The molecule has 0 bridgehead atoms. The van der Waals surface area contributed by atoms with Crippen LogP contribution in [0.1, 0.15) is 30.1 Å². The summed E-state index contributed by atoms with van der Waals surface area (Å²) in [6.45, 7) is 3.77. The molecule has 1 aliphatic heterocycles. The molecule has 1 aromatic rings. The average molecular weight is 293 g/mol. The first-order valence-corrected chi connectivity index (χ1v) is 7.04. The molecule has 2 N–H and O–H groups in total. The second-order valence-corrected chi connectivity index (χ2v) is 4.89. The van der Waals surface area contributed by atoms with Gasteiger partial charge < -0.3 is 15.4 Å². The largest absolute Gasteiger partial charge is 0.487 e. The Kier molecular flexibility index (Phi) is 5.10. The van der Waals surface area contributed by atoms with Crippen molar-refractivity contribution in [3.05, 3.63) is 33.9 Å². The highest BCUT2D eigenvalue weighted by molar-refractivity contribution is 5.95. The maximum atomic E-state index is 12.2. The van der Waals surface area contributed by atoms with E-state index in [-0.39, 0.29) is 28.9 Å². The minimum atomic E-state index is -0.538. The van der Waals surface area contributed by atoms with Crippen molar-refractivity contribution in [2.75, 3.05) is 19.7 Å². The van der Waals surface area contributed by atoms with Gasteiger partial charge in [0.05, 0.1) is 11.5 Å². The predicted molar refractivity (Wildman–Crippen MR) is 77.6 cm³/mol. The van der Waals surface area contributed by atoms with Crippen LogP contribution in [0.5, 0.6) is 5.75 Å². The maximum Gasteiger partial charge on any atom is 0.311 e. The summed E-state index contributed by atoms with van der Waals surface area (Å²) in [6, 6.07) is 4.34. The van der Waals surface area contributed by atoms with E-state index >= 15 is 0 Å². The topological polar surface area (TPSA) is 93.5 Å².